The lowest BCUT2D eigenvalue weighted by Gasteiger charge is -2.07. The summed E-state index contributed by atoms with van der Waals surface area (Å²) in [5.74, 6) is -0.859. The summed E-state index contributed by atoms with van der Waals surface area (Å²) in [6, 6.07) is 9.63. The predicted molar refractivity (Wildman–Crippen MR) is 88.9 cm³/mol. The zero-order valence-corrected chi connectivity index (χ0v) is 13.6. The number of carbonyl (C=O) groups is 2. The number of carbonyl (C=O) groups excluding carboxylic acids is 1. The summed E-state index contributed by atoms with van der Waals surface area (Å²) in [7, 11) is 0. The monoisotopic (exact) mass is 364 g/mol. The molecule has 0 bridgehead atoms. The second kappa shape index (κ2) is 6.51. The van der Waals surface area contributed by atoms with Crippen LogP contribution in [0, 0.1) is 0 Å². The normalized spacial score (nSPS) is 10.8. The molecule has 0 saturated heterocycles. The molecule has 8 heteroatoms. The largest absolute Gasteiger partial charge is 0.476 e. The Morgan fingerprint density at radius 1 is 1.25 bits per heavy atom. The van der Waals surface area contributed by atoms with Gasteiger partial charge < -0.3 is 9.84 Å². The first-order valence-corrected chi connectivity index (χ1v) is 7.53. The van der Waals surface area contributed by atoms with E-state index in [2.05, 4.69) is 5.10 Å². The van der Waals surface area contributed by atoms with Crippen LogP contribution in [0.25, 0.3) is 10.9 Å². The second-order valence-electron chi connectivity index (χ2n) is 4.94. The molecule has 0 atom stereocenters. The first-order valence-electron chi connectivity index (χ1n) is 6.77. The molecule has 0 radical (unpaired) electrons. The number of aromatic carboxylic acids is 1. The summed E-state index contributed by atoms with van der Waals surface area (Å²) in [5.41, 5.74) is 1.15. The molecule has 1 aromatic heterocycles. The Labute approximate surface area is 146 Å². The maximum atomic E-state index is 11.4. The fourth-order valence-corrected chi connectivity index (χ4v) is 2.84. The lowest BCUT2D eigenvalue weighted by molar-refractivity contribution is -0.120. The lowest BCUT2D eigenvalue weighted by Crippen LogP contribution is -2.05. The van der Waals surface area contributed by atoms with E-state index in [0.717, 1.165) is 5.56 Å². The third kappa shape index (κ3) is 3.06. The highest BCUT2D eigenvalue weighted by Gasteiger charge is 2.18. The summed E-state index contributed by atoms with van der Waals surface area (Å²) < 4.78 is 6.31. The van der Waals surface area contributed by atoms with E-state index in [1.54, 1.807) is 30.3 Å². The highest BCUT2D eigenvalue weighted by Crippen LogP contribution is 2.27. The lowest BCUT2D eigenvalue weighted by atomic mass is 10.2. The van der Waals surface area contributed by atoms with E-state index in [9.17, 15) is 14.7 Å². The molecule has 6 nitrogen and oxygen atoms in total. The highest BCUT2D eigenvalue weighted by molar-refractivity contribution is 6.35. The minimum Gasteiger partial charge on any atom is -0.476 e. The van der Waals surface area contributed by atoms with Crippen molar-refractivity contribution >= 4 is 46.5 Å². The maximum Gasteiger partial charge on any atom is 0.357 e. The number of hydrogen-bond acceptors (Lipinski definition) is 4. The number of carboxylic acids is 1. The third-order valence-electron chi connectivity index (χ3n) is 3.45. The number of carboxylic acid groups (broad SMARTS) is 1. The number of ether oxygens (including phenoxy) is 1. The van der Waals surface area contributed by atoms with Crippen LogP contribution in [-0.4, -0.2) is 27.3 Å². The van der Waals surface area contributed by atoms with Crippen molar-refractivity contribution in [2.75, 3.05) is 0 Å². The topological polar surface area (TPSA) is 81.4 Å². The molecule has 0 aliphatic heterocycles. The van der Waals surface area contributed by atoms with Crippen molar-refractivity contribution in [2.24, 2.45) is 0 Å². The van der Waals surface area contributed by atoms with Crippen molar-refractivity contribution in [3.05, 3.63) is 57.7 Å². The SMILES string of the molecule is O=COc1ccc2c(C(=O)O)nn(Cc3ccc(Cl)cc3Cl)c2c1. The summed E-state index contributed by atoms with van der Waals surface area (Å²) in [6.07, 6.45) is 0. The van der Waals surface area contributed by atoms with Crippen LogP contribution in [0.3, 0.4) is 0 Å². The molecule has 3 aromatic rings. The van der Waals surface area contributed by atoms with Crippen molar-refractivity contribution < 1.29 is 19.4 Å². The van der Waals surface area contributed by atoms with Crippen molar-refractivity contribution in [2.45, 2.75) is 6.54 Å². The van der Waals surface area contributed by atoms with Gasteiger partial charge in [-0.15, -0.1) is 0 Å². The Hall–Kier alpha value is -2.57. The van der Waals surface area contributed by atoms with Crippen molar-refractivity contribution in [1.82, 2.24) is 9.78 Å². The second-order valence-corrected chi connectivity index (χ2v) is 5.78. The standard InChI is InChI=1S/C16H10Cl2N2O4/c17-10-2-1-9(13(18)5-10)7-20-14-6-11(24-8-21)3-4-12(14)15(19-20)16(22)23/h1-6,8H,7H2,(H,22,23). The van der Waals surface area contributed by atoms with Crippen LogP contribution in [0.5, 0.6) is 5.75 Å². The number of benzene rings is 2. The molecule has 122 valence electrons. The van der Waals surface area contributed by atoms with Gasteiger partial charge in [0.15, 0.2) is 5.69 Å². The Balaban J connectivity index is 2.13. The average Bonchev–Trinajstić information content (AvgIpc) is 2.89. The van der Waals surface area contributed by atoms with E-state index in [-0.39, 0.29) is 18.0 Å². The van der Waals surface area contributed by atoms with Gasteiger partial charge in [-0.25, -0.2) is 4.79 Å². The van der Waals surface area contributed by atoms with E-state index >= 15 is 0 Å². The summed E-state index contributed by atoms with van der Waals surface area (Å²) in [4.78, 5) is 21.9. The number of nitrogens with zero attached hydrogens (tertiary/aromatic N) is 2. The van der Waals surface area contributed by atoms with Crippen LogP contribution >= 0.6 is 23.2 Å². The minimum atomic E-state index is -1.15. The predicted octanol–water partition coefficient (Wildman–Crippen LogP) is 3.62. The van der Waals surface area contributed by atoms with E-state index in [0.29, 0.717) is 27.4 Å². The van der Waals surface area contributed by atoms with Crippen molar-refractivity contribution in [3.63, 3.8) is 0 Å². The number of fused-ring (bicyclic) bond motifs is 1. The molecule has 0 saturated carbocycles. The molecule has 0 aliphatic rings. The van der Waals surface area contributed by atoms with E-state index in [1.165, 1.54) is 10.7 Å². The van der Waals surface area contributed by atoms with Gasteiger partial charge in [0.25, 0.3) is 6.47 Å². The van der Waals surface area contributed by atoms with Crippen LogP contribution in [0.4, 0.5) is 0 Å². The fourth-order valence-electron chi connectivity index (χ4n) is 2.37. The van der Waals surface area contributed by atoms with Crippen LogP contribution < -0.4 is 4.74 Å². The number of rotatable bonds is 5. The number of halogens is 2. The summed E-state index contributed by atoms with van der Waals surface area (Å²) in [5, 5.41) is 14.8. The average molecular weight is 365 g/mol. The molecule has 24 heavy (non-hydrogen) atoms. The molecule has 0 aliphatic carbocycles. The van der Waals surface area contributed by atoms with Gasteiger partial charge in [-0.2, -0.15) is 5.10 Å². The minimum absolute atomic E-state index is 0.0901. The highest BCUT2D eigenvalue weighted by atomic mass is 35.5. The van der Waals surface area contributed by atoms with Gasteiger partial charge in [-0.05, 0) is 29.8 Å². The Bertz CT molecular complexity index is 953. The Morgan fingerprint density at radius 3 is 2.71 bits per heavy atom. The van der Waals surface area contributed by atoms with Gasteiger partial charge in [0.2, 0.25) is 0 Å². The molecule has 0 unspecified atom stereocenters. The molecule has 0 spiro atoms. The maximum absolute atomic E-state index is 11.4. The molecule has 0 fully saturated rings. The van der Waals surface area contributed by atoms with Gasteiger partial charge in [-0.1, -0.05) is 29.3 Å². The fraction of sp³-hybridized carbons (Fsp3) is 0.0625. The van der Waals surface area contributed by atoms with Gasteiger partial charge in [0.1, 0.15) is 5.75 Å². The van der Waals surface area contributed by atoms with Crippen LogP contribution in [0.2, 0.25) is 10.0 Å². The van der Waals surface area contributed by atoms with Gasteiger partial charge in [0, 0.05) is 21.5 Å². The number of hydrogen-bond donors (Lipinski definition) is 1. The zero-order chi connectivity index (χ0) is 17.3. The van der Waals surface area contributed by atoms with E-state index < -0.39 is 5.97 Å². The molecular formula is C16H10Cl2N2O4. The van der Waals surface area contributed by atoms with E-state index in [1.807, 2.05) is 0 Å². The molecule has 2 aromatic carbocycles. The summed E-state index contributed by atoms with van der Waals surface area (Å²) in [6.45, 7) is 0.542. The Morgan fingerprint density at radius 2 is 2.04 bits per heavy atom. The van der Waals surface area contributed by atoms with Crippen molar-refractivity contribution in [3.8, 4) is 5.75 Å². The third-order valence-corrected chi connectivity index (χ3v) is 4.03. The van der Waals surface area contributed by atoms with Crippen LogP contribution in [0.15, 0.2) is 36.4 Å². The molecule has 1 N–H and O–H groups in total. The van der Waals surface area contributed by atoms with Gasteiger partial charge in [-0.3, -0.25) is 9.48 Å². The van der Waals surface area contributed by atoms with Gasteiger partial charge >= 0.3 is 5.97 Å². The zero-order valence-electron chi connectivity index (χ0n) is 12.1. The number of aromatic nitrogens is 2. The molecule has 3 rings (SSSR count). The van der Waals surface area contributed by atoms with E-state index in [4.69, 9.17) is 27.9 Å². The Kier molecular flexibility index (Phi) is 4.42. The quantitative estimate of drug-likeness (QED) is 0.699. The van der Waals surface area contributed by atoms with Crippen molar-refractivity contribution in [1.29, 1.82) is 0 Å². The first kappa shape index (κ1) is 16.3. The van der Waals surface area contributed by atoms with Crippen LogP contribution in [0.1, 0.15) is 16.1 Å². The summed E-state index contributed by atoms with van der Waals surface area (Å²) >= 11 is 12.1. The smallest absolute Gasteiger partial charge is 0.357 e. The first-order chi connectivity index (χ1) is 11.5. The van der Waals surface area contributed by atoms with Crippen LogP contribution in [-0.2, 0) is 11.3 Å². The molecule has 0 amide bonds. The molecular weight excluding hydrogens is 355 g/mol. The van der Waals surface area contributed by atoms with Gasteiger partial charge in [0.05, 0.1) is 12.1 Å². The molecule has 1 heterocycles.